The highest BCUT2D eigenvalue weighted by atomic mass is 32.2. The van der Waals surface area contributed by atoms with E-state index in [0.29, 0.717) is 4.90 Å². The number of hydrogen-bond donors (Lipinski definition) is 2. The second kappa shape index (κ2) is 9.16. The van der Waals surface area contributed by atoms with E-state index < -0.39 is 16.0 Å². The van der Waals surface area contributed by atoms with Crippen LogP contribution in [0.4, 0.5) is 5.69 Å². The van der Waals surface area contributed by atoms with Gasteiger partial charge in [0.2, 0.25) is 0 Å². The maximum atomic E-state index is 12.6. The van der Waals surface area contributed by atoms with Gasteiger partial charge in [-0.05, 0) is 30.7 Å². The van der Waals surface area contributed by atoms with Gasteiger partial charge < -0.3 is 14.6 Å². The summed E-state index contributed by atoms with van der Waals surface area (Å²) in [4.78, 5) is 12.1. The average Bonchev–Trinajstić information content (AvgIpc) is 3.17. The molecule has 0 saturated carbocycles. The Labute approximate surface area is 166 Å². The van der Waals surface area contributed by atoms with Crippen LogP contribution in [0.2, 0.25) is 0 Å². The van der Waals surface area contributed by atoms with Crippen molar-refractivity contribution >= 4 is 50.9 Å². The van der Waals surface area contributed by atoms with E-state index in [1.165, 1.54) is 37.1 Å². The molecule has 0 bridgehead atoms. The Morgan fingerprint density at radius 1 is 1.44 bits per heavy atom. The number of aromatic hydroxyl groups is 1. The Balaban J connectivity index is 2.54. The van der Waals surface area contributed by atoms with E-state index in [1.807, 2.05) is 0 Å². The van der Waals surface area contributed by atoms with Gasteiger partial charge in [0.15, 0.2) is 11.5 Å². The van der Waals surface area contributed by atoms with Gasteiger partial charge in [-0.3, -0.25) is 4.72 Å². The lowest BCUT2D eigenvalue weighted by Gasteiger charge is -2.16. The van der Waals surface area contributed by atoms with Crippen molar-refractivity contribution in [1.29, 1.82) is 0 Å². The molecule has 146 valence electrons. The lowest BCUT2D eigenvalue weighted by atomic mass is 10.1. The van der Waals surface area contributed by atoms with Gasteiger partial charge in [0.25, 0.3) is 10.0 Å². The summed E-state index contributed by atoms with van der Waals surface area (Å²) in [6.07, 6.45) is 4.26. The minimum atomic E-state index is -3.79. The van der Waals surface area contributed by atoms with E-state index in [-0.39, 0.29) is 33.6 Å². The number of benzene rings is 1. The molecule has 7 nitrogen and oxygen atoms in total. The molecular formula is C17H19NO6S3. The van der Waals surface area contributed by atoms with E-state index in [1.54, 1.807) is 24.6 Å². The van der Waals surface area contributed by atoms with Gasteiger partial charge >= 0.3 is 5.97 Å². The Hall–Kier alpha value is -2.17. The molecule has 0 fully saturated rings. The summed E-state index contributed by atoms with van der Waals surface area (Å²) in [5, 5.41) is 12.1. The van der Waals surface area contributed by atoms with Crippen molar-refractivity contribution in [2.75, 3.05) is 24.7 Å². The van der Waals surface area contributed by atoms with Crippen LogP contribution in [0.5, 0.6) is 11.5 Å². The lowest BCUT2D eigenvalue weighted by Crippen LogP contribution is -2.12. The summed E-state index contributed by atoms with van der Waals surface area (Å²) >= 11 is 2.30. The van der Waals surface area contributed by atoms with E-state index in [0.717, 1.165) is 17.4 Å². The van der Waals surface area contributed by atoms with Crippen LogP contribution in [-0.2, 0) is 19.6 Å². The minimum absolute atomic E-state index is 0.0696. The first kappa shape index (κ1) is 21.1. The quantitative estimate of drug-likeness (QED) is 0.286. The largest absolute Gasteiger partial charge is 0.504 e. The van der Waals surface area contributed by atoms with Gasteiger partial charge in [0, 0.05) is 22.6 Å². The molecular weight excluding hydrogens is 410 g/mol. The molecule has 0 amide bonds. The molecule has 0 spiro atoms. The van der Waals surface area contributed by atoms with E-state index >= 15 is 0 Å². The number of ether oxygens (including phenoxy) is 2. The highest BCUT2D eigenvalue weighted by Crippen LogP contribution is 2.43. The molecule has 0 atom stereocenters. The number of thiophene rings is 1. The molecule has 1 heterocycles. The van der Waals surface area contributed by atoms with Crippen LogP contribution >= 0.6 is 23.1 Å². The second-order valence-electron chi connectivity index (χ2n) is 5.04. The molecule has 1 aromatic heterocycles. The Morgan fingerprint density at radius 2 is 2.19 bits per heavy atom. The lowest BCUT2D eigenvalue weighted by molar-refractivity contribution is -0.137. The number of thioether (sulfide) groups is 1. The van der Waals surface area contributed by atoms with Crippen molar-refractivity contribution in [3.63, 3.8) is 0 Å². The summed E-state index contributed by atoms with van der Waals surface area (Å²) < 4.78 is 37.8. The molecule has 0 unspecified atom stereocenters. The normalized spacial score (nSPS) is 11.5. The van der Waals surface area contributed by atoms with Crippen molar-refractivity contribution in [3.05, 3.63) is 35.2 Å². The van der Waals surface area contributed by atoms with Gasteiger partial charge in [-0.2, -0.15) is 0 Å². The van der Waals surface area contributed by atoms with Crippen molar-refractivity contribution in [3.8, 4) is 11.5 Å². The molecule has 2 rings (SSSR count). The van der Waals surface area contributed by atoms with E-state index in [2.05, 4.69) is 4.72 Å². The van der Waals surface area contributed by atoms with Gasteiger partial charge in [0.1, 0.15) is 4.21 Å². The maximum Gasteiger partial charge on any atom is 0.330 e. The Morgan fingerprint density at radius 3 is 2.74 bits per heavy atom. The van der Waals surface area contributed by atoms with Crippen LogP contribution in [-0.4, -0.2) is 39.5 Å². The molecule has 1 aromatic carbocycles. The van der Waals surface area contributed by atoms with Gasteiger partial charge in [-0.1, -0.05) is 6.07 Å². The number of anilines is 1. The number of sulfonamides is 1. The third-order valence-electron chi connectivity index (χ3n) is 3.35. The van der Waals surface area contributed by atoms with Crippen molar-refractivity contribution < 1.29 is 27.8 Å². The van der Waals surface area contributed by atoms with Crippen LogP contribution in [0.3, 0.4) is 0 Å². The maximum absolute atomic E-state index is 12.6. The fourth-order valence-corrected chi connectivity index (χ4v) is 5.04. The zero-order valence-corrected chi connectivity index (χ0v) is 17.3. The monoisotopic (exact) mass is 429 g/mol. The van der Waals surface area contributed by atoms with Gasteiger partial charge in [-0.25, -0.2) is 13.2 Å². The summed E-state index contributed by atoms with van der Waals surface area (Å²) in [6.45, 7) is 1.90. The van der Waals surface area contributed by atoms with E-state index in [4.69, 9.17) is 9.47 Å². The predicted molar refractivity (Wildman–Crippen MR) is 107 cm³/mol. The molecule has 27 heavy (non-hydrogen) atoms. The minimum Gasteiger partial charge on any atom is -0.504 e. The summed E-state index contributed by atoms with van der Waals surface area (Å²) in [7, 11) is -2.44. The first-order valence-corrected chi connectivity index (χ1v) is 11.3. The number of carbonyl (C=O) groups is 1. The molecule has 2 aromatic rings. The zero-order chi connectivity index (χ0) is 20.0. The van der Waals surface area contributed by atoms with Crippen LogP contribution in [0.1, 0.15) is 12.5 Å². The van der Waals surface area contributed by atoms with E-state index in [9.17, 15) is 18.3 Å². The smallest absolute Gasteiger partial charge is 0.330 e. The van der Waals surface area contributed by atoms with Crippen LogP contribution < -0.4 is 9.46 Å². The molecule has 2 N–H and O–H groups in total. The number of phenolic OH excluding ortho intramolecular Hbond substituents is 1. The SMILES string of the molecule is CCOC(=O)/C=C/c1c(O)c(OC)cc(NS(=O)(=O)c2cccs2)c1SC. The Kier molecular flexibility index (Phi) is 7.17. The summed E-state index contributed by atoms with van der Waals surface area (Å²) in [5.41, 5.74) is 0.479. The first-order valence-electron chi connectivity index (χ1n) is 7.73. The van der Waals surface area contributed by atoms with Crippen molar-refractivity contribution in [1.82, 2.24) is 0 Å². The fraction of sp³-hybridized carbons (Fsp3) is 0.235. The third kappa shape index (κ3) is 4.96. The molecule has 10 heteroatoms. The second-order valence-corrected chi connectivity index (χ2v) is 8.72. The molecule has 0 saturated heterocycles. The van der Waals surface area contributed by atoms with Crippen LogP contribution in [0.15, 0.2) is 38.8 Å². The average molecular weight is 430 g/mol. The predicted octanol–water partition coefficient (Wildman–Crippen LogP) is 3.56. The van der Waals surface area contributed by atoms with Crippen molar-refractivity contribution in [2.24, 2.45) is 0 Å². The van der Waals surface area contributed by atoms with Crippen molar-refractivity contribution in [2.45, 2.75) is 16.0 Å². The van der Waals surface area contributed by atoms with Gasteiger partial charge in [0.05, 0.1) is 19.4 Å². The number of nitrogens with one attached hydrogen (secondary N) is 1. The molecule has 0 radical (unpaired) electrons. The van der Waals surface area contributed by atoms with Gasteiger partial charge in [-0.15, -0.1) is 23.1 Å². The fourth-order valence-electron chi connectivity index (χ4n) is 2.21. The highest BCUT2D eigenvalue weighted by molar-refractivity contribution is 7.99. The number of methoxy groups -OCH3 is 1. The molecule has 0 aliphatic rings. The number of hydrogen-bond acceptors (Lipinski definition) is 8. The van der Waals surface area contributed by atoms with Crippen LogP contribution in [0, 0.1) is 0 Å². The van der Waals surface area contributed by atoms with Crippen LogP contribution in [0.25, 0.3) is 6.08 Å². The zero-order valence-electron chi connectivity index (χ0n) is 14.9. The summed E-state index contributed by atoms with van der Waals surface area (Å²) in [6, 6.07) is 4.53. The molecule has 0 aliphatic carbocycles. The topological polar surface area (TPSA) is 102 Å². The third-order valence-corrected chi connectivity index (χ3v) is 6.97. The number of rotatable bonds is 8. The molecule has 0 aliphatic heterocycles. The highest BCUT2D eigenvalue weighted by Gasteiger charge is 2.22. The number of phenols is 1. The standard InChI is InChI=1S/C17H19NO6S3/c1-4-24-14(19)8-7-11-16(20)13(23-2)10-12(17(11)25-3)18-27(21,22)15-6-5-9-26-15/h5-10,18,20H,4H2,1-3H3/b8-7+. The number of esters is 1. The Bertz CT molecular complexity index is 936. The number of carbonyl (C=O) groups excluding carboxylic acids is 1. The first-order chi connectivity index (χ1) is 12.8. The summed E-state index contributed by atoms with van der Waals surface area (Å²) in [5.74, 6) is -0.714.